The van der Waals surface area contributed by atoms with Crippen molar-refractivity contribution < 1.29 is 19.1 Å². The quantitative estimate of drug-likeness (QED) is 0.658. The van der Waals surface area contributed by atoms with E-state index in [0.717, 1.165) is 37.7 Å². The molecule has 7 heteroatoms. The molecule has 7 atom stereocenters. The number of nitrogens with one attached hydrogen (secondary N) is 2. The van der Waals surface area contributed by atoms with Crippen LogP contribution in [0.4, 0.5) is 5.69 Å². The Kier molecular flexibility index (Phi) is 5.10. The van der Waals surface area contributed by atoms with Gasteiger partial charge in [-0.1, -0.05) is 44.1 Å². The number of anilines is 1. The first-order valence-corrected chi connectivity index (χ1v) is 12.8. The maximum atomic E-state index is 13.8. The molecule has 3 heterocycles. The fourth-order valence-electron chi connectivity index (χ4n) is 6.69. The molecule has 2 saturated carbocycles. The number of rotatable bonds is 5. The van der Waals surface area contributed by atoms with Crippen molar-refractivity contribution in [2.75, 3.05) is 5.32 Å². The van der Waals surface area contributed by atoms with E-state index >= 15 is 0 Å². The van der Waals surface area contributed by atoms with Gasteiger partial charge in [0, 0.05) is 17.8 Å². The molecule has 5 unspecified atom stereocenters. The molecule has 1 aromatic rings. The molecule has 1 spiro atoms. The molecule has 5 aliphatic rings. The molecule has 7 nitrogen and oxygen atoms in total. The Hall–Kier alpha value is -2.67. The van der Waals surface area contributed by atoms with Crippen LogP contribution in [0.1, 0.15) is 51.0 Å². The minimum absolute atomic E-state index is 0.0588. The minimum atomic E-state index is -1.07. The third-order valence-electron chi connectivity index (χ3n) is 8.53. The highest BCUT2D eigenvalue weighted by atomic mass is 16.5. The van der Waals surface area contributed by atoms with Crippen molar-refractivity contribution in [1.29, 1.82) is 0 Å². The molecule has 3 amide bonds. The summed E-state index contributed by atoms with van der Waals surface area (Å²) in [5, 5.41) is 6.27. The van der Waals surface area contributed by atoms with Gasteiger partial charge < -0.3 is 20.3 Å². The largest absolute Gasteiger partial charge is 0.359 e. The molecule has 3 aliphatic heterocycles. The Bertz CT molecular complexity index is 1070. The summed E-state index contributed by atoms with van der Waals surface area (Å²) in [5.74, 6) is -1.38. The number of ether oxygens (including phenoxy) is 1. The highest BCUT2D eigenvalue weighted by Gasteiger charge is 2.74. The van der Waals surface area contributed by atoms with Crippen LogP contribution in [-0.4, -0.2) is 52.5 Å². The van der Waals surface area contributed by atoms with Gasteiger partial charge in [0.25, 0.3) is 0 Å². The van der Waals surface area contributed by atoms with E-state index < -0.39 is 29.6 Å². The summed E-state index contributed by atoms with van der Waals surface area (Å²) in [5.41, 5.74) is 0.681. The van der Waals surface area contributed by atoms with Crippen molar-refractivity contribution in [3.63, 3.8) is 0 Å². The zero-order chi connectivity index (χ0) is 23.6. The Morgan fingerprint density at radius 2 is 1.91 bits per heavy atom. The van der Waals surface area contributed by atoms with Crippen LogP contribution in [0, 0.1) is 24.7 Å². The maximum absolute atomic E-state index is 13.8. The van der Waals surface area contributed by atoms with Crippen molar-refractivity contribution in [1.82, 2.24) is 10.2 Å². The SMILES string of the molecule is Cc1cccc(NC(=O)C2[C@H]3C=CC4(O3)C(C(=O)NC3CCCCC3C)N(C3CC3)C(=O)[C@@H]24)c1. The Morgan fingerprint density at radius 1 is 1.12 bits per heavy atom. The van der Waals surface area contributed by atoms with Gasteiger partial charge in [0.05, 0.1) is 17.9 Å². The molecule has 2 saturated heterocycles. The lowest BCUT2D eigenvalue weighted by atomic mass is 9.74. The first-order chi connectivity index (χ1) is 16.4. The van der Waals surface area contributed by atoms with Gasteiger partial charge in [0.15, 0.2) is 0 Å². The van der Waals surface area contributed by atoms with E-state index in [0.29, 0.717) is 11.6 Å². The topological polar surface area (TPSA) is 87.7 Å². The van der Waals surface area contributed by atoms with Gasteiger partial charge in [-0.3, -0.25) is 14.4 Å². The van der Waals surface area contributed by atoms with Gasteiger partial charge in [0.1, 0.15) is 11.6 Å². The molecule has 0 radical (unpaired) electrons. The second-order valence-corrected chi connectivity index (χ2v) is 10.9. The summed E-state index contributed by atoms with van der Waals surface area (Å²) in [6.45, 7) is 4.16. The second-order valence-electron chi connectivity index (χ2n) is 10.9. The fraction of sp³-hybridized carbons (Fsp3) is 0.593. The third kappa shape index (κ3) is 3.31. The third-order valence-corrected chi connectivity index (χ3v) is 8.53. The van der Waals surface area contributed by atoms with E-state index in [9.17, 15) is 14.4 Å². The first-order valence-electron chi connectivity index (χ1n) is 12.8. The fourth-order valence-corrected chi connectivity index (χ4v) is 6.69. The minimum Gasteiger partial charge on any atom is -0.359 e. The number of amides is 3. The average molecular weight is 464 g/mol. The lowest BCUT2D eigenvalue weighted by Crippen LogP contribution is -2.57. The van der Waals surface area contributed by atoms with E-state index in [1.807, 2.05) is 43.3 Å². The Morgan fingerprint density at radius 3 is 2.65 bits per heavy atom. The number of likely N-dealkylation sites (tertiary alicyclic amines) is 1. The van der Waals surface area contributed by atoms with Crippen molar-refractivity contribution in [2.24, 2.45) is 17.8 Å². The predicted molar refractivity (Wildman–Crippen MR) is 127 cm³/mol. The number of benzene rings is 1. The van der Waals surface area contributed by atoms with Crippen molar-refractivity contribution in [2.45, 2.75) is 82.2 Å². The zero-order valence-corrected chi connectivity index (χ0v) is 19.8. The van der Waals surface area contributed by atoms with Crippen LogP contribution in [0.5, 0.6) is 0 Å². The van der Waals surface area contributed by atoms with Crippen molar-refractivity contribution in [3.05, 3.63) is 42.0 Å². The van der Waals surface area contributed by atoms with Crippen LogP contribution in [0.3, 0.4) is 0 Å². The molecule has 1 aromatic carbocycles. The lowest BCUT2D eigenvalue weighted by molar-refractivity contribution is -0.142. The second kappa shape index (κ2) is 7.94. The van der Waals surface area contributed by atoms with E-state index in [1.54, 1.807) is 4.90 Å². The summed E-state index contributed by atoms with van der Waals surface area (Å²) < 4.78 is 6.41. The summed E-state index contributed by atoms with van der Waals surface area (Å²) in [6, 6.07) is 7.08. The molecule has 6 rings (SSSR count). The van der Waals surface area contributed by atoms with Gasteiger partial charge in [-0.05, 0) is 56.2 Å². The van der Waals surface area contributed by atoms with Crippen molar-refractivity contribution >= 4 is 23.4 Å². The molecule has 2 N–H and O–H groups in total. The smallest absolute Gasteiger partial charge is 0.246 e. The Labute approximate surface area is 200 Å². The number of carbonyl (C=O) groups is 3. The number of hydrogen-bond acceptors (Lipinski definition) is 4. The zero-order valence-electron chi connectivity index (χ0n) is 19.8. The summed E-state index contributed by atoms with van der Waals surface area (Å²) in [7, 11) is 0. The summed E-state index contributed by atoms with van der Waals surface area (Å²) in [6.07, 6.45) is 9.45. The van der Waals surface area contributed by atoms with Gasteiger partial charge >= 0.3 is 0 Å². The van der Waals surface area contributed by atoms with Crippen LogP contribution >= 0.6 is 0 Å². The number of fused-ring (bicyclic) bond motifs is 1. The normalized spacial score (nSPS) is 38.2. The molecular weight excluding hydrogens is 430 g/mol. The number of hydrogen-bond donors (Lipinski definition) is 2. The molecule has 180 valence electrons. The van der Waals surface area contributed by atoms with Gasteiger partial charge in [-0.2, -0.15) is 0 Å². The number of carbonyl (C=O) groups excluding carboxylic acids is 3. The van der Waals surface area contributed by atoms with Crippen LogP contribution in [-0.2, 0) is 19.1 Å². The molecule has 0 aromatic heterocycles. The molecule has 2 aliphatic carbocycles. The molecular formula is C27H33N3O4. The van der Waals surface area contributed by atoms with Crippen molar-refractivity contribution in [3.8, 4) is 0 Å². The van der Waals surface area contributed by atoms with Crippen LogP contribution in [0.25, 0.3) is 0 Å². The van der Waals surface area contributed by atoms with E-state index in [4.69, 9.17) is 4.74 Å². The standard InChI is InChI=1S/C27H33N3O4/c1-15-6-5-8-17(14-15)28-24(31)21-20-12-13-27(34-20)22(21)26(33)30(18-10-11-18)23(27)25(32)29-19-9-4-3-7-16(19)2/h5-6,8,12-14,16,18-23H,3-4,7,9-11H2,1-2H3,(H,28,31)(H,29,32)/t16?,19?,20-,21?,22-,23?,27?/m1/s1. The molecule has 4 fully saturated rings. The van der Waals surface area contributed by atoms with E-state index in [1.165, 1.54) is 6.42 Å². The van der Waals surface area contributed by atoms with Gasteiger partial charge in [-0.15, -0.1) is 0 Å². The molecule has 2 bridgehead atoms. The van der Waals surface area contributed by atoms with Gasteiger partial charge in [0.2, 0.25) is 17.7 Å². The maximum Gasteiger partial charge on any atom is 0.246 e. The number of nitrogens with zero attached hydrogens (tertiary/aromatic N) is 1. The van der Waals surface area contributed by atoms with Crippen LogP contribution < -0.4 is 10.6 Å². The molecule has 34 heavy (non-hydrogen) atoms. The highest BCUT2D eigenvalue weighted by Crippen LogP contribution is 2.57. The Balaban J connectivity index is 1.29. The van der Waals surface area contributed by atoms with Crippen LogP contribution in [0.2, 0.25) is 0 Å². The first kappa shape index (κ1) is 21.8. The lowest BCUT2D eigenvalue weighted by Gasteiger charge is -2.36. The van der Waals surface area contributed by atoms with Gasteiger partial charge in [-0.25, -0.2) is 0 Å². The van der Waals surface area contributed by atoms with E-state index in [-0.39, 0.29) is 29.8 Å². The predicted octanol–water partition coefficient (Wildman–Crippen LogP) is 2.94. The average Bonchev–Trinajstić information content (AvgIpc) is 3.40. The monoisotopic (exact) mass is 463 g/mol. The van der Waals surface area contributed by atoms with Crippen LogP contribution in [0.15, 0.2) is 36.4 Å². The van der Waals surface area contributed by atoms with E-state index in [2.05, 4.69) is 17.6 Å². The summed E-state index contributed by atoms with van der Waals surface area (Å²) in [4.78, 5) is 42.7. The highest BCUT2D eigenvalue weighted by molar-refractivity contribution is 6.03. The summed E-state index contributed by atoms with van der Waals surface area (Å²) >= 11 is 0. The number of aryl methyl sites for hydroxylation is 1.